The van der Waals surface area contributed by atoms with Gasteiger partial charge in [-0.3, -0.25) is 4.90 Å². The van der Waals surface area contributed by atoms with E-state index in [1.807, 2.05) is 0 Å². The molecule has 0 N–H and O–H groups in total. The Morgan fingerprint density at radius 2 is 2.06 bits per heavy atom. The maximum absolute atomic E-state index is 14.5. The maximum atomic E-state index is 14.5. The molecule has 2 aromatic heterocycles. The van der Waals surface area contributed by atoms with Gasteiger partial charge in [0.1, 0.15) is 22.1 Å². The summed E-state index contributed by atoms with van der Waals surface area (Å²) in [5.41, 5.74) is 0.573. The smallest absolute Gasteiger partial charge is 0.415 e. The lowest BCUT2D eigenvalue weighted by atomic mass is 10.1. The van der Waals surface area contributed by atoms with Crippen LogP contribution in [0.5, 0.6) is 0 Å². The van der Waals surface area contributed by atoms with Crippen LogP contribution in [0, 0.1) is 5.82 Å². The standard InChI is InChI=1S/C24H25Cl2FN2O3S/c1-24(2,3)32-23(30)29(13-14-8-4-5-9-15(14)27)16-12-18(25)28-20-19(26)22(33-21(16)20)17-10-6-7-11-31-17/h4-5,8-9,12,17H,6-7,10-11,13H2,1-3H3/t17-/m0/s1. The van der Waals surface area contributed by atoms with Crippen LogP contribution in [-0.2, 0) is 16.0 Å². The van der Waals surface area contributed by atoms with Crippen molar-refractivity contribution in [1.29, 1.82) is 0 Å². The zero-order valence-electron chi connectivity index (χ0n) is 18.7. The predicted octanol–water partition coefficient (Wildman–Crippen LogP) is 7.93. The Balaban J connectivity index is 1.84. The fourth-order valence-electron chi connectivity index (χ4n) is 3.73. The van der Waals surface area contributed by atoms with Crippen LogP contribution in [-0.4, -0.2) is 23.3 Å². The summed E-state index contributed by atoms with van der Waals surface area (Å²) in [6.45, 7) is 5.97. The first-order valence-corrected chi connectivity index (χ1v) is 12.4. The molecular formula is C24H25Cl2FN2O3S. The van der Waals surface area contributed by atoms with Crippen LogP contribution < -0.4 is 4.90 Å². The molecule has 1 aliphatic heterocycles. The normalized spacial score (nSPS) is 16.7. The van der Waals surface area contributed by atoms with Crippen molar-refractivity contribution in [3.63, 3.8) is 0 Å². The van der Waals surface area contributed by atoms with E-state index in [4.69, 9.17) is 32.7 Å². The van der Waals surface area contributed by atoms with Crippen LogP contribution in [0.1, 0.15) is 56.6 Å². The largest absolute Gasteiger partial charge is 0.443 e. The number of hydrogen-bond donors (Lipinski definition) is 0. The number of thiophene rings is 1. The van der Waals surface area contributed by atoms with E-state index in [-0.39, 0.29) is 17.8 Å². The number of amides is 1. The molecule has 5 nitrogen and oxygen atoms in total. The molecule has 0 aliphatic carbocycles. The zero-order valence-corrected chi connectivity index (χ0v) is 21.0. The van der Waals surface area contributed by atoms with Gasteiger partial charge in [-0.25, -0.2) is 14.2 Å². The second-order valence-electron chi connectivity index (χ2n) is 8.94. The van der Waals surface area contributed by atoms with Crippen LogP contribution in [0.2, 0.25) is 10.2 Å². The van der Waals surface area contributed by atoms with Gasteiger partial charge in [-0.15, -0.1) is 11.3 Å². The van der Waals surface area contributed by atoms with Crippen molar-refractivity contribution in [2.75, 3.05) is 11.5 Å². The minimum absolute atomic E-state index is 0.0399. The maximum Gasteiger partial charge on any atom is 0.415 e. The van der Waals surface area contributed by atoms with Crippen LogP contribution in [0.3, 0.4) is 0 Å². The van der Waals surface area contributed by atoms with Gasteiger partial charge in [0.25, 0.3) is 0 Å². The Labute approximate surface area is 206 Å². The summed E-state index contributed by atoms with van der Waals surface area (Å²) in [7, 11) is 0. The number of halogens is 3. The Morgan fingerprint density at radius 1 is 1.30 bits per heavy atom. The van der Waals surface area contributed by atoms with E-state index in [9.17, 15) is 9.18 Å². The number of carbonyl (C=O) groups excluding carboxylic acids is 1. The summed E-state index contributed by atoms with van der Waals surface area (Å²) >= 11 is 14.5. The van der Waals surface area contributed by atoms with E-state index in [2.05, 4.69) is 4.98 Å². The van der Waals surface area contributed by atoms with E-state index >= 15 is 0 Å². The number of carbonyl (C=O) groups is 1. The van der Waals surface area contributed by atoms with Crippen molar-refractivity contribution in [3.05, 3.63) is 56.8 Å². The van der Waals surface area contributed by atoms with Gasteiger partial charge in [-0.2, -0.15) is 0 Å². The monoisotopic (exact) mass is 510 g/mol. The van der Waals surface area contributed by atoms with Gasteiger partial charge in [0.2, 0.25) is 0 Å². The molecule has 33 heavy (non-hydrogen) atoms. The molecule has 1 saturated heterocycles. The molecule has 1 amide bonds. The van der Waals surface area contributed by atoms with Crippen LogP contribution >= 0.6 is 34.5 Å². The van der Waals surface area contributed by atoms with Crippen molar-refractivity contribution >= 4 is 56.5 Å². The van der Waals surface area contributed by atoms with E-state index < -0.39 is 17.5 Å². The molecule has 0 bridgehead atoms. The average molecular weight is 511 g/mol. The molecule has 1 fully saturated rings. The first-order valence-electron chi connectivity index (χ1n) is 10.8. The predicted molar refractivity (Wildman–Crippen MR) is 131 cm³/mol. The third kappa shape index (κ3) is 5.43. The van der Waals surface area contributed by atoms with E-state index in [0.29, 0.717) is 33.1 Å². The summed E-state index contributed by atoms with van der Waals surface area (Å²) in [6.07, 6.45) is 2.19. The number of fused-ring (bicyclic) bond motifs is 1. The van der Waals surface area contributed by atoms with Crippen molar-refractivity contribution in [2.24, 2.45) is 0 Å². The SMILES string of the molecule is CC(C)(C)OC(=O)N(Cc1ccccc1F)c1cc(Cl)nc2c(Cl)c([C@@H]3CCCCO3)sc12. The second kappa shape index (κ2) is 9.74. The molecule has 1 aliphatic rings. The highest BCUT2D eigenvalue weighted by Crippen LogP contribution is 2.46. The number of pyridine rings is 1. The number of nitrogens with zero attached hydrogens (tertiary/aromatic N) is 2. The molecule has 0 spiro atoms. The molecular weight excluding hydrogens is 486 g/mol. The fourth-order valence-corrected chi connectivity index (χ4v) is 5.59. The Hall–Kier alpha value is -1.93. The topological polar surface area (TPSA) is 51.7 Å². The fraction of sp³-hybridized carbons (Fsp3) is 0.417. The van der Waals surface area contributed by atoms with Crippen LogP contribution in [0.25, 0.3) is 10.2 Å². The Morgan fingerprint density at radius 3 is 2.73 bits per heavy atom. The molecule has 3 heterocycles. The van der Waals surface area contributed by atoms with E-state index in [1.165, 1.54) is 22.3 Å². The second-order valence-corrected chi connectivity index (χ2v) is 10.8. The van der Waals surface area contributed by atoms with Gasteiger partial charge < -0.3 is 9.47 Å². The lowest BCUT2D eigenvalue weighted by Crippen LogP contribution is -2.36. The highest BCUT2D eigenvalue weighted by atomic mass is 35.5. The number of aromatic nitrogens is 1. The van der Waals surface area contributed by atoms with Crippen molar-refractivity contribution in [2.45, 2.75) is 58.3 Å². The summed E-state index contributed by atoms with van der Waals surface area (Å²) in [5.74, 6) is -0.414. The molecule has 3 aromatic rings. The lowest BCUT2D eigenvalue weighted by Gasteiger charge is -2.28. The minimum atomic E-state index is -0.741. The molecule has 0 unspecified atom stereocenters. The van der Waals surface area contributed by atoms with E-state index in [1.54, 1.807) is 45.0 Å². The van der Waals surface area contributed by atoms with Crippen LogP contribution in [0.4, 0.5) is 14.9 Å². The summed E-state index contributed by atoms with van der Waals surface area (Å²) < 4.78 is 26.8. The number of rotatable bonds is 4. The van der Waals surface area contributed by atoms with Gasteiger partial charge in [0.15, 0.2) is 0 Å². The van der Waals surface area contributed by atoms with Gasteiger partial charge in [0.05, 0.1) is 32.9 Å². The quantitative estimate of drug-likeness (QED) is 0.334. The van der Waals surface area contributed by atoms with Gasteiger partial charge >= 0.3 is 6.09 Å². The number of benzene rings is 1. The van der Waals surface area contributed by atoms with Crippen molar-refractivity contribution in [3.8, 4) is 0 Å². The molecule has 0 radical (unpaired) electrons. The first-order chi connectivity index (χ1) is 15.6. The summed E-state index contributed by atoms with van der Waals surface area (Å²) in [5, 5.41) is 0.649. The molecule has 4 rings (SSSR count). The zero-order chi connectivity index (χ0) is 23.8. The van der Waals surface area contributed by atoms with Crippen LogP contribution in [0.15, 0.2) is 30.3 Å². The molecule has 0 saturated carbocycles. The first kappa shape index (κ1) is 24.2. The van der Waals surface area contributed by atoms with Crippen molar-refractivity contribution in [1.82, 2.24) is 4.98 Å². The van der Waals surface area contributed by atoms with Gasteiger partial charge in [-0.1, -0.05) is 41.4 Å². The molecule has 176 valence electrons. The van der Waals surface area contributed by atoms with Gasteiger partial charge in [-0.05, 0) is 46.1 Å². The number of ether oxygens (including phenoxy) is 2. The number of anilines is 1. The molecule has 1 atom stereocenters. The summed E-state index contributed by atoms with van der Waals surface area (Å²) in [6, 6.07) is 7.91. The molecule has 9 heteroatoms. The third-order valence-electron chi connectivity index (χ3n) is 5.22. The van der Waals surface area contributed by atoms with E-state index in [0.717, 1.165) is 24.1 Å². The summed E-state index contributed by atoms with van der Waals surface area (Å²) in [4.78, 5) is 20.0. The average Bonchev–Trinajstić information content (AvgIpc) is 3.08. The Bertz CT molecular complexity index is 1170. The third-order valence-corrected chi connectivity index (χ3v) is 7.20. The highest BCUT2D eigenvalue weighted by Gasteiger charge is 2.30. The lowest BCUT2D eigenvalue weighted by molar-refractivity contribution is 0.0173. The Kier molecular flexibility index (Phi) is 7.15. The minimum Gasteiger partial charge on any atom is -0.443 e. The van der Waals surface area contributed by atoms with Crippen molar-refractivity contribution < 1.29 is 18.7 Å². The number of hydrogen-bond acceptors (Lipinski definition) is 5. The molecule has 1 aromatic carbocycles. The highest BCUT2D eigenvalue weighted by molar-refractivity contribution is 7.20. The van der Waals surface area contributed by atoms with Gasteiger partial charge in [0, 0.05) is 18.2 Å².